The number of halogens is 1. The van der Waals surface area contributed by atoms with Crippen molar-refractivity contribution in [2.75, 3.05) is 19.5 Å². The summed E-state index contributed by atoms with van der Waals surface area (Å²) in [5, 5.41) is 7.16. The molecule has 1 aromatic heterocycles. The second-order valence-corrected chi connectivity index (χ2v) is 7.86. The number of aryl methyl sites for hydroxylation is 2. The highest BCUT2D eigenvalue weighted by molar-refractivity contribution is 6.48. The van der Waals surface area contributed by atoms with Gasteiger partial charge in [0.15, 0.2) is 5.92 Å². The van der Waals surface area contributed by atoms with Crippen LogP contribution in [0.3, 0.4) is 0 Å². The number of ether oxygens (including phenoxy) is 1. The van der Waals surface area contributed by atoms with E-state index in [1.165, 1.54) is 7.05 Å². The molecule has 0 bridgehead atoms. The van der Waals surface area contributed by atoms with E-state index in [1.54, 1.807) is 37.3 Å². The summed E-state index contributed by atoms with van der Waals surface area (Å²) in [4.78, 5) is 46.1. The predicted molar refractivity (Wildman–Crippen MR) is 128 cm³/mol. The molecule has 2 aromatic carbocycles. The molecule has 1 amide bonds. The lowest BCUT2D eigenvalue weighted by atomic mass is 9.97. The summed E-state index contributed by atoms with van der Waals surface area (Å²) in [7, 11) is 2.63. The van der Waals surface area contributed by atoms with Crippen LogP contribution in [0, 0.1) is 20.8 Å². The molecule has 1 heterocycles. The molecule has 0 aliphatic rings. The molecule has 0 saturated carbocycles. The standard InChI is InChI=1S/C23H24ClN5O4/c1-11-9-16-17(10-12(11)2)28-21(30)19(26-16)18(23(32)33-5)20(29-25-4)22(31)27-15-8-6-7-14(24)13(15)3/h6-10,18,25H,1-5H3,(H,27,31)(H,28,30)/b29-20+/t18-/m1/s1. The van der Waals surface area contributed by atoms with E-state index < -0.39 is 23.4 Å². The van der Waals surface area contributed by atoms with Gasteiger partial charge in [-0.1, -0.05) is 17.7 Å². The molecule has 0 aliphatic carbocycles. The lowest BCUT2D eigenvalue weighted by molar-refractivity contribution is -0.141. The van der Waals surface area contributed by atoms with Gasteiger partial charge in [-0.3, -0.25) is 14.4 Å². The maximum absolute atomic E-state index is 13.2. The number of nitrogens with zero attached hydrogens (tertiary/aromatic N) is 2. The number of benzene rings is 2. The van der Waals surface area contributed by atoms with E-state index >= 15 is 0 Å². The van der Waals surface area contributed by atoms with Gasteiger partial charge in [0, 0.05) is 17.8 Å². The minimum atomic E-state index is -1.48. The van der Waals surface area contributed by atoms with E-state index in [4.69, 9.17) is 16.3 Å². The number of aromatic nitrogens is 2. The van der Waals surface area contributed by atoms with Gasteiger partial charge in [0.2, 0.25) is 0 Å². The number of aromatic amines is 1. The zero-order valence-electron chi connectivity index (χ0n) is 18.9. The number of anilines is 1. The Morgan fingerprint density at radius 3 is 2.55 bits per heavy atom. The maximum atomic E-state index is 13.2. The summed E-state index contributed by atoms with van der Waals surface area (Å²) in [5.74, 6) is -3.05. The van der Waals surface area contributed by atoms with Gasteiger partial charge in [-0.25, -0.2) is 4.98 Å². The molecule has 1 atom stereocenters. The molecule has 10 heteroatoms. The summed E-state index contributed by atoms with van der Waals surface area (Å²) in [6.07, 6.45) is 0. The molecule has 0 fully saturated rings. The molecule has 3 rings (SSSR count). The quantitative estimate of drug-likeness (QED) is 0.289. The Morgan fingerprint density at radius 2 is 1.88 bits per heavy atom. The highest BCUT2D eigenvalue weighted by Crippen LogP contribution is 2.24. The van der Waals surface area contributed by atoms with Crippen molar-refractivity contribution in [3.8, 4) is 0 Å². The number of nitrogens with one attached hydrogen (secondary N) is 3. The van der Waals surface area contributed by atoms with Crippen molar-refractivity contribution in [1.82, 2.24) is 15.4 Å². The number of hydrogen-bond acceptors (Lipinski definition) is 7. The average Bonchev–Trinajstić information content (AvgIpc) is 2.77. The molecule has 3 N–H and O–H groups in total. The van der Waals surface area contributed by atoms with Crippen LogP contribution in [-0.4, -0.2) is 41.7 Å². The first-order chi connectivity index (χ1) is 15.7. The summed E-state index contributed by atoms with van der Waals surface area (Å²) in [6.45, 7) is 5.57. The Labute approximate surface area is 195 Å². The van der Waals surface area contributed by atoms with Crippen LogP contribution in [0.4, 0.5) is 5.69 Å². The van der Waals surface area contributed by atoms with Crippen LogP contribution in [0.1, 0.15) is 28.3 Å². The first-order valence-electron chi connectivity index (χ1n) is 10.1. The molecule has 9 nitrogen and oxygen atoms in total. The smallest absolute Gasteiger partial charge is 0.321 e. The van der Waals surface area contributed by atoms with Gasteiger partial charge in [-0.15, -0.1) is 0 Å². The number of fused-ring (bicyclic) bond motifs is 1. The number of rotatable bonds is 6. The van der Waals surface area contributed by atoms with Gasteiger partial charge in [-0.05, 0) is 61.7 Å². The SMILES string of the molecule is CN/N=C(/C(=O)Nc1cccc(Cl)c1C)[C@H](C(=O)OC)c1nc2cc(C)c(C)cc2[nH]c1=O. The lowest BCUT2D eigenvalue weighted by Gasteiger charge is -2.17. The largest absolute Gasteiger partial charge is 0.468 e. The molecular formula is C23H24ClN5O4. The third kappa shape index (κ3) is 4.88. The summed E-state index contributed by atoms with van der Waals surface area (Å²) in [5.41, 5.74) is 5.39. The van der Waals surface area contributed by atoms with Crippen molar-refractivity contribution >= 4 is 45.9 Å². The van der Waals surface area contributed by atoms with E-state index in [-0.39, 0.29) is 11.4 Å². The molecule has 0 spiro atoms. The Balaban J connectivity index is 2.14. The van der Waals surface area contributed by atoms with Crippen molar-refractivity contribution in [3.05, 3.63) is 68.1 Å². The van der Waals surface area contributed by atoms with Gasteiger partial charge in [-0.2, -0.15) is 5.10 Å². The maximum Gasteiger partial charge on any atom is 0.321 e. The van der Waals surface area contributed by atoms with Gasteiger partial charge in [0.05, 0.1) is 18.1 Å². The second-order valence-electron chi connectivity index (χ2n) is 7.45. The molecular weight excluding hydrogens is 446 g/mol. The lowest BCUT2D eigenvalue weighted by Crippen LogP contribution is -2.38. The number of amides is 1. The minimum Gasteiger partial charge on any atom is -0.468 e. The Hall–Kier alpha value is -3.72. The minimum absolute atomic E-state index is 0.204. The topological polar surface area (TPSA) is 126 Å². The molecule has 33 heavy (non-hydrogen) atoms. The molecule has 0 radical (unpaired) electrons. The van der Waals surface area contributed by atoms with E-state index in [0.29, 0.717) is 27.3 Å². The normalized spacial score (nSPS) is 12.4. The monoisotopic (exact) mass is 469 g/mol. The molecule has 0 saturated heterocycles. The van der Waals surface area contributed by atoms with Crippen molar-refractivity contribution in [2.45, 2.75) is 26.7 Å². The van der Waals surface area contributed by atoms with Crippen molar-refractivity contribution in [3.63, 3.8) is 0 Å². The van der Waals surface area contributed by atoms with Crippen molar-refractivity contribution < 1.29 is 14.3 Å². The van der Waals surface area contributed by atoms with E-state index in [1.807, 2.05) is 13.8 Å². The Morgan fingerprint density at radius 1 is 1.18 bits per heavy atom. The van der Waals surface area contributed by atoms with Gasteiger partial charge in [0.25, 0.3) is 11.5 Å². The number of carbonyl (C=O) groups is 2. The Bertz CT molecular complexity index is 1330. The fourth-order valence-corrected chi connectivity index (χ4v) is 3.50. The zero-order chi connectivity index (χ0) is 24.3. The second kappa shape index (κ2) is 9.83. The first kappa shape index (κ1) is 23.9. The molecule has 172 valence electrons. The fraction of sp³-hybridized carbons (Fsp3) is 0.261. The van der Waals surface area contributed by atoms with E-state index in [9.17, 15) is 14.4 Å². The third-order valence-corrected chi connectivity index (χ3v) is 5.71. The summed E-state index contributed by atoms with van der Waals surface area (Å²) < 4.78 is 4.91. The number of H-pyrrole nitrogens is 1. The van der Waals surface area contributed by atoms with Crippen LogP contribution >= 0.6 is 11.6 Å². The number of methoxy groups -OCH3 is 1. The third-order valence-electron chi connectivity index (χ3n) is 5.30. The van der Waals surface area contributed by atoms with Gasteiger partial charge in [0.1, 0.15) is 11.4 Å². The first-order valence-corrected chi connectivity index (χ1v) is 10.5. The highest BCUT2D eigenvalue weighted by Gasteiger charge is 2.36. The van der Waals surface area contributed by atoms with Crippen LogP contribution in [0.25, 0.3) is 11.0 Å². The van der Waals surface area contributed by atoms with Gasteiger partial charge >= 0.3 is 5.97 Å². The average molecular weight is 470 g/mol. The fourth-order valence-electron chi connectivity index (χ4n) is 3.32. The number of esters is 1. The van der Waals surface area contributed by atoms with Crippen LogP contribution < -0.4 is 16.3 Å². The van der Waals surface area contributed by atoms with Crippen molar-refractivity contribution in [1.29, 1.82) is 0 Å². The van der Waals surface area contributed by atoms with Crippen LogP contribution in [0.5, 0.6) is 0 Å². The van der Waals surface area contributed by atoms with Gasteiger partial charge < -0.3 is 20.5 Å². The van der Waals surface area contributed by atoms with Crippen LogP contribution in [0.2, 0.25) is 5.02 Å². The molecule has 0 aliphatic heterocycles. The van der Waals surface area contributed by atoms with E-state index in [2.05, 4.69) is 25.8 Å². The van der Waals surface area contributed by atoms with Crippen LogP contribution in [-0.2, 0) is 14.3 Å². The number of carbonyl (C=O) groups excluding carboxylic acids is 2. The Kier molecular flexibility index (Phi) is 7.13. The molecule has 3 aromatic rings. The van der Waals surface area contributed by atoms with Crippen molar-refractivity contribution in [2.24, 2.45) is 5.10 Å². The highest BCUT2D eigenvalue weighted by atomic mass is 35.5. The summed E-state index contributed by atoms with van der Waals surface area (Å²) in [6, 6.07) is 8.62. The number of hydrazone groups is 1. The molecule has 0 unspecified atom stereocenters. The zero-order valence-corrected chi connectivity index (χ0v) is 19.6. The van der Waals surface area contributed by atoms with Crippen LogP contribution in [0.15, 0.2) is 40.2 Å². The predicted octanol–water partition coefficient (Wildman–Crippen LogP) is 2.97. The van der Waals surface area contributed by atoms with E-state index in [0.717, 1.165) is 18.2 Å². The number of hydrogen-bond donors (Lipinski definition) is 3. The summed E-state index contributed by atoms with van der Waals surface area (Å²) >= 11 is 6.15.